The van der Waals surface area contributed by atoms with E-state index < -0.39 is 0 Å². The van der Waals surface area contributed by atoms with Gasteiger partial charge in [0.25, 0.3) is 0 Å². The van der Waals surface area contributed by atoms with Gasteiger partial charge < -0.3 is 14.6 Å². The van der Waals surface area contributed by atoms with Crippen LogP contribution in [-0.2, 0) is 11.3 Å². The van der Waals surface area contributed by atoms with Crippen LogP contribution in [0.4, 0.5) is 10.1 Å². The Hall–Kier alpha value is -2.18. The van der Waals surface area contributed by atoms with Gasteiger partial charge in [0.15, 0.2) is 0 Å². The predicted molar refractivity (Wildman–Crippen MR) is 111 cm³/mol. The number of amides is 1. The molecule has 2 atom stereocenters. The number of nitrogens with zero attached hydrogens (tertiary/aromatic N) is 2. The fourth-order valence-corrected chi connectivity index (χ4v) is 4.84. The molecule has 0 spiro atoms. The fourth-order valence-electron chi connectivity index (χ4n) is 4.84. The van der Waals surface area contributed by atoms with Gasteiger partial charge in [-0.3, -0.25) is 9.69 Å². The van der Waals surface area contributed by atoms with Crippen molar-refractivity contribution < 1.29 is 13.6 Å². The van der Waals surface area contributed by atoms with E-state index in [1.165, 1.54) is 12.1 Å². The number of benzene rings is 1. The molecule has 1 N–H and O–H groups in total. The SMILES string of the molecule is Cc1ccc(CN2CCC([C@@H]3C[C@H](C(=O)Nc4ccc(F)cc4)CN3C)CC2)o1. The van der Waals surface area contributed by atoms with Crippen molar-refractivity contribution in [3.05, 3.63) is 53.7 Å². The van der Waals surface area contributed by atoms with Crippen molar-refractivity contribution in [1.29, 1.82) is 0 Å². The van der Waals surface area contributed by atoms with Gasteiger partial charge in [-0.25, -0.2) is 4.39 Å². The molecule has 0 saturated carbocycles. The average Bonchev–Trinajstić information content (AvgIpc) is 3.30. The molecule has 0 aliphatic carbocycles. The Morgan fingerprint density at radius 3 is 2.55 bits per heavy atom. The van der Waals surface area contributed by atoms with Gasteiger partial charge in [-0.05, 0) is 88.6 Å². The van der Waals surface area contributed by atoms with Gasteiger partial charge in [0.1, 0.15) is 17.3 Å². The third-order valence-corrected chi connectivity index (χ3v) is 6.43. The van der Waals surface area contributed by atoms with E-state index >= 15 is 0 Å². The summed E-state index contributed by atoms with van der Waals surface area (Å²) >= 11 is 0. The van der Waals surface area contributed by atoms with E-state index in [9.17, 15) is 9.18 Å². The quantitative estimate of drug-likeness (QED) is 0.829. The maximum Gasteiger partial charge on any atom is 0.228 e. The van der Waals surface area contributed by atoms with Crippen molar-refractivity contribution in [3.8, 4) is 0 Å². The Kier molecular flexibility index (Phi) is 6.01. The minimum Gasteiger partial charge on any atom is -0.465 e. The largest absolute Gasteiger partial charge is 0.465 e. The van der Waals surface area contributed by atoms with Gasteiger partial charge in [0.2, 0.25) is 5.91 Å². The maximum absolute atomic E-state index is 13.1. The lowest BCUT2D eigenvalue weighted by molar-refractivity contribution is -0.119. The summed E-state index contributed by atoms with van der Waals surface area (Å²) in [5, 5.41) is 2.94. The second-order valence-corrected chi connectivity index (χ2v) is 8.56. The number of halogens is 1. The van der Waals surface area contributed by atoms with Crippen LogP contribution in [0.5, 0.6) is 0 Å². The summed E-state index contributed by atoms with van der Waals surface area (Å²) in [5.41, 5.74) is 0.656. The van der Waals surface area contributed by atoms with Gasteiger partial charge in [0, 0.05) is 18.3 Å². The summed E-state index contributed by atoms with van der Waals surface area (Å²) in [5.74, 6) is 2.36. The Balaban J connectivity index is 1.27. The highest BCUT2D eigenvalue weighted by Crippen LogP contribution is 2.33. The summed E-state index contributed by atoms with van der Waals surface area (Å²) in [6.07, 6.45) is 3.20. The van der Waals surface area contributed by atoms with Gasteiger partial charge in [-0.15, -0.1) is 0 Å². The molecule has 1 amide bonds. The first kappa shape index (κ1) is 20.1. The zero-order chi connectivity index (χ0) is 20.4. The molecule has 3 heterocycles. The molecule has 2 aromatic rings. The molecule has 0 bridgehead atoms. The number of hydrogen-bond donors (Lipinski definition) is 1. The highest BCUT2D eigenvalue weighted by molar-refractivity contribution is 5.92. The topological polar surface area (TPSA) is 48.7 Å². The van der Waals surface area contributed by atoms with E-state index in [1.807, 2.05) is 13.0 Å². The lowest BCUT2D eigenvalue weighted by Crippen LogP contribution is -2.41. The lowest BCUT2D eigenvalue weighted by atomic mass is 9.86. The summed E-state index contributed by atoms with van der Waals surface area (Å²) in [6.45, 7) is 5.78. The van der Waals surface area contributed by atoms with E-state index in [0.717, 1.165) is 57.0 Å². The summed E-state index contributed by atoms with van der Waals surface area (Å²) in [6, 6.07) is 10.5. The minimum absolute atomic E-state index is 0.0147. The minimum atomic E-state index is -0.294. The zero-order valence-corrected chi connectivity index (χ0v) is 17.2. The van der Waals surface area contributed by atoms with E-state index in [2.05, 4.69) is 28.2 Å². The van der Waals surface area contributed by atoms with Crippen molar-refractivity contribution >= 4 is 11.6 Å². The number of nitrogens with one attached hydrogen (secondary N) is 1. The van der Waals surface area contributed by atoms with Crippen molar-refractivity contribution in [3.63, 3.8) is 0 Å². The van der Waals surface area contributed by atoms with Crippen LogP contribution in [-0.4, -0.2) is 48.4 Å². The van der Waals surface area contributed by atoms with Crippen LogP contribution in [0.1, 0.15) is 30.8 Å². The number of likely N-dealkylation sites (tertiary alicyclic amines) is 2. The third kappa shape index (κ3) is 4.87. The molecule has 1 aromatic carbocycles. The van der Waals surface area contributed by atoms with Crippen LogP contribution in [0.2, 0.25) is 0 Å². The highest BCUT2D eigenvalue weighted by atomic mass is 19.1. The maximum atomic E-state index is 13.1. The second-order valence-electron chi connectivity index (χ2n) is 8.56. The molecule has 156 valence electrons. The number of carbonyl (C=O) groups excluding carboxylic acids is 1. The molecule has 2 aliphatic heterocycles. The first-order valence-electron chi connectivity index (χ1n) is 10.5. The average molecular weight is 400 g/mol. The van der Waals surface area contributed by atoms with Crippen LogP contribution in [0, 0.1) is 24.6 Å². The van der Waals surface area contributed by atoms with Crippen molar-refractivity contribution in [1.82, 2.24) is 9.80 Å². The van der Waals surface area contributed by atoms with Crippen LogP contribution < -0.4 is 5.32 Å². The molecular weight excluding hydrogens is 369 g/mol. The van der Waals surface area contributed by atoms with Crippen molar-refractivity contribution in [2.24, 2.45) is 11.8 Å². The third-order valence-electron chi connectivity index (χ3n) is 6.43. The van der Waals surface area contributed by atoms with E-state index in [0.29, 0.717) is 17.6 Å². The molecule has 1 aromatic heterocycles. The van der Waals surface area contributed by atoms with Crippen LogP contribution in [0.25, 0.3) is 0 Å². The number of hydrogen-bond acceptors (Lipinski definition) is 4. The lowest BCUT2D eigenvalue weighted by Gasteiger charge is -2.36. The number of anilines is 1. The van der Waals surface area contributed by atoms with Gasteiger partial charge in [-0.2, -0.15) is 0 Å². The van der Waals surface area contributed by atoms with Gasteiger partial charge >= 0.3 is 0 Å². The number of piperidine rings is 1. The predicted octanol–water partition coefficient (Wildman–Crippen LogP) is 3.90. The van der Waals surface area contributed by atoms with Crippen LogP contribution in [0.15, 0.2) is 40.8 Å². The van der Waals surface area contributed by atoms with Crippen molar-refractivity contribution in [2.75, 3.05) is 32.0 Å². The second kappa shape index (κ2) is 8.67. The Labute approximate surface area is 171 Å². The standard InChI is InChI=1S/C23H30FN3O2/c1-16-3-8-21(29-16)15-27-11-9-17(10-12-27)22-13-18(14-26(22)2)23(28)25-20-6-4-19(24)5-7-20/h3-8,17-18,22H,9-15H2,1-2H3,(H,25,28)/t18-,22-/m0/s1. The van der Waals surface area contributed by atoms with Crippen molar-refractivity contribution in [2.45, 2.75) is 38.8 Å². The monoisotopic (exact) mass is 399 g/mol. The number of rotatable bonds is 5. The Bertz CT molecular complexity index is 827. The molecule has 6 heteroatoms. The molecule has 4 rings (SSSR count). The Morgan fingerprint density at radius 2 is 1.90 bits per heavy atom. The van der Waals surface area contributed by atoms with Crippen LogP contribution >= 0.6 is 0 Å². The normalized spacial score (nSPS) is 24.1. The Morgan fingerprint density at radius 1 is 1.17 bits per heavy atom. The summed E-state index contributed by atoms with van der Waals surface area (Å²) < 4.78 is 18.8. The molecule has 2 aliphatic rings. The number of aryl methyl sites for hydroxylation is 1. The smallest absolute Gasteiger partial charge is 0.228 e. The number of furan rings is 1. The number of carbonyl (C=O) groups is 1. The van der Waals surface area contributed by atoms with Gasteiger partial charge in [0.05, 0.1) is 12.5 Å². The molecule has 5 nitrogen and oxygen atoms in total. The zero-order valence-electron chi connectivity index (χ0n) is 17.2. The molecular formula is C23H30FN3O2. The molecule has 2 saturated heterocycles. The van der Waals surface area contributed by atoms with Crippen LogP contribution in [0.3, 0.4) is 0 Å². The van der Waals surface area contributed by atoms with E-state index in [4.69, 9.17) is 4.42 Å². The molecule has 0 radical (unpaired) electrons. The highest BCUT2D eigenvalue weighted by Gasteiger charge is 2.39. The van der Waals surface area contributed by atoms with Gasteiger partial charge in [-0.1, -0.05) is 0 Å². The fraction of sp³-hybridized carbons (Fsp3) is 0.522. The summed E-state index contributed by atoms with van der Waals surface area (Å²) in [4.78, 5) is 17.5. The summed E-state index contributed by atoms with van der Waals surface area (Å²) in [7, 11) is 2.13. The first-order chi connectivity index (χ1) is 14.0. The first-order valence-corrected chi connectivity index (χ1v) is 10.5. The van der Waals surface area contributed by atoms with E-state index in [-0.39, 0.29) is 17.6 Å². The molecule has 2 fully saturated rings. The van der Waals surface area contributed by atoms with E-state index in [1.54, 1.807) is 12.1 Å². The molecule has 0 unspecified atom stereocenters. The molecule has 29 heavy (non-hydrogen) atoms.